The lowest BCUT2D eigenvalue weighted by Gasteiger charge is -2.28. The van der Waals surface area contributed by atoms with Gasteiger partial charge in [-0.2, -0.15) is 0 Å². The summed E-state index contributed by atoms with van der Waals surface area (Å²) < 4.78 is 0. The first kappa shape index (κ1) is 14.5. The second-order valence-corrected chi connectivity index (χ2v) is 5.47. The van der Waals surface area contributed by atoms with E-state index in [1.807, 2.05) is 12.1 Å². The van der Waals surface area contributed by atoms with Gasteiger partial charge in [0, 0.05) is 30.9 Å². The minimum Gasteiger partial charge on any atom is -0.371 e. The largest absolute Gasteiger partial charge is 0.371 e. The van der Waals surface area contributed by atoms with E-state index in [4.69, 9.17) is 0 Å². The molecule has 1 rings (SSSR count). The highest BCUT2D eigenvalue weighted by Crippen LogP contribution is 2.21. The second kappa shape index (κ2) is 6.38. The predicted octanol–water partition coefficient (Wildman–Crippen LogP) is 3.71. The Morgan fingerprint density at radius 3 is 1.83 bits per heavy atom. The minimum absolute atomic E-state index is 0.146. The van der Waals surface area contributed by atoms with Crippen LogP contribution < -0.4 is 4.90 Å². The molecule has 0 aliphatic rings. The molecule has 0 aliphatic heterocycles. The summed E-state index contributed by atoms with van der Waals surface area (Å²) in [5.41, 5.74) is 1.20. The molecule has 0 aromatic heterocycles. The van der Waals surface area contributed by atoms with E-state index in [2.05, 4.69) is 32.6 Å². The average Bonchev–Trinajstić information content (AvgIpc) is 2.27. The van der Waals surface area contributed by atoms with Crippen molar-refractivity contribution in [2.45, 2.75) is 27.7 Å². The number of nitrogens with zero attached hydrogens (tertiary/aromatic N) is 2. The van der Waals surface area contributed by atoms with Gasteiger partial charge in [0.1, 0.15) is 0 Å². The van der Waals surface area contributed by atoms with Crippen LogP contribution in [0.5, 0.6) is 0 Å². The molecule has 18 heavy (non-hydrogen) atoms. The van der Waals surface area contributed by atoms with Gasteiger partial charge in [-0.15, -0.1) is 0 Å². The number of rotatable bonds is 6. The number of benzene rings is 1. The Kier molecular flexibility index (Phi) is 5.13. The summed E-state index contributed by atoms with van der Waals surface area (Å²) in [4.78, 5) is 12.6. The molecule has 0 N–H and O–H groups in total. The Bertz CT molecular complexity index is 375. The van der Waals surface area contributed by atoms with Crippen molar-refractivity contribution in [1.82, 2.24) is 0 Å². The number of hydrogen-bond donors (Lipinski definition) is 0. The van der Waals surface area contributed by atoms with Crippen molar-refractivity contribution < 1.29 is 4.92 Å². The van der Waals surface area contributed by atoms with Crippen molar-refractivity contribution in [3.63, 3.8) is 0 Å². The zero-order valence-corrected chi connectivity index (χ0v) is 11.6. The van der Waals surface area contributed by atoms with E-state index in [1.54, 1.807) is 12.1 Å². The highest BCUT2D eigenvalue weighted by molar-refractivity contribution is 5.50. The number of non-ortho nitro benzene ring substituents is 1. The lowest BCUT2D eigenvalue weighted by molar-refractivity contribution is -0.384. The normalized spacial score (nSPS) is 11.0. The maximum absolute atomic E-state index is 10.6. The molecule has 0 bridgehead atoms. The monoisotopic (exact) mass is 250 g/mol. The topological polar surface area (TPSA) is 46.4 Å². The molecule has 0 saturated carbocycles. The Hall–Kier alpha value is -1.58. The van der Waals surface area contributed by atoms with E-state index in [0.29, 0.717) is 11.8 Å². The van der Waals surface area contributed by atoms with Crippen LogP contribution in [0, 0.1) is 22.0 Å². The summed E-state index contributed by atoms with van der Waals surface area (Å²) in [6, 6.07) is 6.82. The molecule has 0 saturated heterocycles. The Morgan fingerprint density at radius 1 is 1.06 bits per heavy atom. The molecule has 0 spiro atoms. The zero-order chi connectivity index (χ0) is 13.7. The third-order valence-corrected chi connectivity index (χ3v) is 2.60. The molecule has 1 aromatic rings. The molecular formula is C14H22N2O2. The predicted molar refractivity (Wildman–Crippen MR) is 75.0 cm³/mol. The Labute approximate surface area is 109 Å². The molecule has 0 unspecified atom stereocenters. The van der Waals surface area contributed by atoms with Crippen molar-refractivity contribution in [2.24, 2.45) is 11.8 Å². The molecule has 0 heterocycles. The quantitative estimate of drug-likeness (QED) is 0.571. The van der Waals surface area contributed by atoms with E-state index in [9.17, 15) is 10.1 Å². The fourth-order valence-corrected chi connectivity index (χ4v) is 1.95. The molecule has 4 nitrogen and oxygen atoms in total. The highest BCUT2D eigenvalue weighted by Gasteiger charge is 2.12. The SMILES string of the molecule is CC(C)CN(CC(C)C)c1ccc([N+](=O)[O-])cc1. The standard InChI is InChI=1S/C14H22N2O2/c1-11(2)9-15(10-12(3)4)13-5-7-14(8-6-13)16(17)18/h5-8,11-12H,9-10H2,1-4H3. The van der Waals surface area contributed by atoms with E-state index in [1.165, 1.54) is 0 Å². The maximum Gasteiger partial charge on any atom is 0.269 e. The molecule has 0 atom stereocenters. The van der Waals surface area contributed by atoms with Gasteiger partial charge in [0.2, 0.25) is 0 Å². The van der Waals surface area contributed by atoms with Crippen LogP contribution in [0.25, 0.3) is 0 Å². The first-order valence-electron chi connectivity index (χ1n) is 6.39. The summed E-state index contributed by atoms with van der Waals surface area (Å²) in [6.45, 7) is 10.7. The van der Waals surface area contributed by atoms with Gasteiger partial charge in [0.25, 0.3) is 5.69 Å². The van der Waals surface area contributed by atoms with Gasteiger partial charge in [0.05, 0.1) is 4.92 Å². The average molecular weight is 250 g/mol. The third kappa shape index (κ3) is 4.35. The van der Waals surface area contributed by atoms with Gasteiger partial charge in [-0.05, 0) is 24.0 Å². The van der Waals surface area contributed by atoms with Gasteiger partial charge in [-0.3, -0.25) is 10.1 Å². The maximum atomic E-state index is 10.6. The smallest absolute Gasteiger partial charge is 0.269 e. The van der Waals surface area contributed by atoms with Crippen LogP contribution in [-0.4, -0.2) is 18.0 Å². The molecule has 1 aromatic carbocycles. The van der Waals surface area contributed by atoms with Crippen LogP contribution in [0.15, 0.2) is 24.3 Å². The van der Waals surface area contributed by atoms with E-state index in [0.717, 1.165) is 18.8 Å². The summed E-state index contributed by atoms with van der Waals surface area (Å²) in [6.07, 6.45) is 0. The summed E-state index contributed by atoms with van der Waals surface area (Å²) in [5.74, 6) is 1.14. The molecule has 100 valence electrons. The molecule has 0 amide bonds. The lowest BCUT2D eigenvalue weighted by Crippen LogP contribution is -2.31. The number of nitro groups is 1. The summed E-state index contributed by atoms with van der Waals surface area (Å²) >= 11 is 0. The van der Waals surface area contributed by atoms with Crippen LogP contribution in [-0.2, 0) is 0 Å². The molecule has 0 radical (unpaired) electrons. The van der Waals surface area contributed by atoms with Gasteiger partial charge >= 0.3 is 0 Å². The summed E-state index contributed by atoms with van der Waals surface area (Å²) in [7, 11) is 0. The van der Waals surface area contributed by atoms with Crippen molar-refractivity contribution in [1.29, 1.82) is 0 Å². The molecule has 0 fully saturated rings. The molecule has 0 aliphatic carbocycles. The van der Waals surface area contributed by atoms with Crippen molar-refractivity contribution in [3.8, 4) is 0 Å². The fraction of sp³-hybridized carbons (Fsp3) is 0.571. The number of nitro benzene ring substituents is 1. The minimum atomic E-state index is -0.362. The van der Waals surface area contributed by atoms with Crippen LogP contribution in [0.4, 0.5) is 11.4 Å². The van der Waals surface area contributed by atoms with Crippen molar-refractivity contribution >= 4 is 11.4 Å². The van der Waals surface area contributed by atoms with Gasteiger partial charge < -0.3 is 4.90 Å². The van der Waals surface area contributed by atoms with Gasteiger partial charge in [-0.1, -0.05) is 27.7 Å². The fourth-order valence-electron chi connectivity index (χ4n) is 1.95. The number of anilines is 1. The molecular weight excluding hydrogens is 228 g/mol. The van der Waals surface area contributed by atoms with Crippen molar-refractivity contribution in [3.05, 3.63) is 34.4 Å². The van der Waals surface area contributed by atoms with Crippen LogP contribution in [0.2, 0.25) is 0 Å². The Morgan fingerprint density at radius 2 is 1.50 bits per heavy atom. The highest BCUT2D eigenvalue weighted by atomic mass is 16.6. The van der Waals surface area contributed by atoms with E-state index in [-0.39, 0.29) is 10.6 Å². The van der Waals surface area contributed by atoms with Gasteiger partial charge in [0.15, 0.2) is 0 Å². The zero-order valence-electron chi connectivity index (χ0n) is 11.6. The third-order valence-electron chi connectivity index (χ3n) is 2.60. The second-order valence-electron chi connectivity index (χ2n) is 5.47. The first-order chi connectivity index (χ1) is 8.40. The first-order valence-corrected chi connectivity index (χ1v) is 6.39. The Balaban J connectivity index is 2.87. The van der Waals surface area contributed by atoms with Crippen LogP contribution >= 0.6 is 0 Å². The summed E-state index contributed by atoms with van der Waals surface area (Å²) in [5, 5.41) is 10.6. The lowest BCUT2D eigenvalue weighted by atomic mass is 10.1. The molecule has 4 heteroatoms. The van der Waals surface area contributed by atoms with Crippen molar-refractivity contribution in [2.75, 3.05) is 18.0 Å². The van der Waals surface area contributed by atoms with E-state index >= 15 is 0 Å². The van der Waals surface area contributed by atoms with Gasteiger partial charge in [-0.25, -0.2) is 0 Å². The van der Waals surface area contributed by atoms with Crippen LogP contribution in [0.1, 0.15) is 27.7 Å². The number of hydrogen-bond acceptors (Lipinski definition) is 3. The van der Waals surface area contributed by atoms with Crippen LogP contribution in [0.3, 0.4) is 0 Å². The van der Waals surface area contributed by atoms with E-state index < -0.39 is 0 Å².